The molecule has 0 amide bonds. The van der Waals surface area contributed by atoms with Crippen molar-refractivity contribution in [1.29, 1.82) is 0 Å². The van der Waals surface area contributed by atoms with Gasteiger partial charge in [-0.3, -0.25) is 0 Å². The van der Waals surface area contributed by atoms with Gasteiger partial charge in [0, 0.05) is 19.7 Å². The summed E-state index contributed by atoms with van der Waals surface area (Å²) in [7, 11) is 3.56. The summed E-state index contributed by atoms with van der Waals surface area (Å²) >= 11 is 6.77. The van der Waals surface area contributed by atoms with Gasteiger partial charge in [-0.25, -0.2) is 9.37 Å². The number of hydrogen-bond acceptors (Lipinski definition) is 9. The Morgan fingerprint density at radius 1 is 1.23 bits per heavy atom. The summed E-state index contributed by atoms with van der Waals surface area (Å²) in [4.78, 5) is 17.1. The zero-order valence-corrected chi connectivity index (χ0v) is 25.4. The summed E-state index contributed by atoms with van der Waals surface area (Å²) in [6.07, 6.45) is -2.95. The molecule has 4 heterocycles. The third-order valence-corrected chi connectivity index (χ3v) is 8.51. The van der Waals surface area contributed by atoms with Crippen LogP contribution in [0.4, 0.5) is 29.2 Å². The zero-order valence-electron chi connectivity index (χ0n) is 24.7. The lowest BCUT2D eigenvalue weighted by atomic mass is 9.98. The summed E-state index contributed by atoms with van der Waals surface area (Å²) in [5.74, 6) is -1.04. The van der Waals surface area contributed by atoms with E-state index in [9.17, 15) is 13.2 Å². The number of aromatic nitrogens is 3. The van der Waals surface area contributed by atoms with Gasteiger partial charge in [0.15, 0.2) is 11.6 Å². The number of anilines is 2. The van der Waals surface area contributed by atoms with Crippen molar-refractivity contribution in [2.45, 2.75) is 51.9 Å². The predicted octanol–water partition coefficient (Wildman–Crippen LogP) is 5.74. The lowest BCUT2D eigenvalue weighted by Gasteiger charge is -2.33. The van der Waals surface area contributed by atoms with E-state index in [0.29, 0.717) is 19.0 Å². The van der Waals surface area contributed by atoms with Crippen LogP contribution in [0.3, 0.4) is 0 Å². The van der Waals surface area contributed by atoms with E-state index in [4.69, 9.17) is 36.5 Å². The molecule has 234 valence electrons. The maximum atomic E-state index is 16.7. The van der Waals surface area contributed by atoms with Crippen LogP contribution in [-0.4, -0.2) is 79.0 Å². The first-order chi connectivity index (χ1) is 20.3. The Balaban J connectivity index is 1.80. The number of alkyl halides is 3. The first-order valence-electron chi connectivity index (χ1n) is 14.1. The van der Waals surface area contributed by atoms with Crippen LogP contribution in [0, 0.1) is 18.7 Å². The van der Waals surface area contributed by atoms with Gasteiger partial charge in [0.1, 0.15) is 30.4 Å². The SMILES string of the molecule is COCCN1c2nc(OC[C@@H]3CCCN3C)nc3c(F)c(-c4nc(N)cc(C)c4C(F)(F)F)c(Cl)c(c23)OCC1C(C)C. The molecule has 0 aliphatic carbocycles. The number of nitrogens with two attached hydrogens (primary N) is 1. The Bertz CT molecular complexity index is 1520. The fourth-order valence-electron chi connectivity index (χ4n) is 5.88. The summed E-state index contributed by atoms with van der Waals surface area (Å²) < 4.78 is 77.3. The predicted molar refractivity (Wildman–Crippen MR) is 156 cm³/mol. The molecule has 2 N–H and O–H groups in total. The zero-order chi connectivity index (χ0) is 31.2. The van der Waals surface area contributed by atoms with Gasteiger partial charge in [0.2, 0.25) is 0 Å². The Morgan fingerprint density at radius 3 is 2.60 bits per heavy atom. The molecule has 2 atom stereocenters. The highest BCUT2D eigenvalue weighted by molar-refractivity contribution is 6.36. The van der Waals surface area contributed by atoms with Gasteiger partial charge in [-0.15, -0.1) is 0 Å². The number of pyridine rings is 1. The molecule has 1 fully saturated rings. The van der Waals surface area contributed by atoms with Gasteiger partial charge in [0.25, 0.3) is 0 Å². The smallest absolute Gasteiger partial charge is 0.418 e. The van der Waals surface area contributed by atoms with E-state index in [0.717, 1.165) is 25.5 Å². The summed E-state index contributed by atoms with van der Waals surface area (Å²) in [5, 5.41) is -0.250. The first kappa shape index (κ1) is 31.3. The van der Waals surface area contributed by atoms with E-state index in [1.165, 1.54) is 6.92 Å². The second-order valence-electron chi connectivity index (χ2n) is 11.4. The largest absolute Gasteiger partial charge is 0.489 e. The molecule has 0 radical (unpaired) electrons. The van der Waals surface area contributed by atoms with E-state index in [-0.39, 0.29) is 70.3 Å². The Hall–Kier alpha value is -3.16. The number of likely N-dealkylation sites (N-methyl/N-ethyl adjacent to an activating group) is 1. The fraction of sp³-hybridized carbons (Fsp3) is 0.552. The van der Waals surface area contributed by atoms with Gasteiger partial charge >= 0.3 is 12.2 Å². The summed E-state index contributed by atoms with van der Waals surface area (Å²) in [5.41, 5.74) is 2.83. The minimum atomic E-state index is -4.88. The summed E-state index contributed by atoms with van der Waals surface area (Å²) in [6.45, 7) is 7.19. The maximum absolute atomic E-state index is 16.7. The van der Waals surface area contributed by atoms with Crippen molar-refractivity contribution in [2.75, 3.05) is 57.7 Å². The van der Waals surface area contributed by atoms with Gasteiger partial charge in [-0.05, 0) is 50.9 Å². The van der Waals surface area contributed by atoms with Crippen molar-refractivity contribution in [2.24, 2.45) is 5.92 Å². The van der Waals surface area contributed by atoms with Crippen LogP contribution in [-0.2, 0) is 10.9 Å². The molecular weight excluding hydrogens is 592 g/mol. The fourth-order valence-corrected chi connectivity index (χ4v) is 6.20. The van der Waals surface area contributed by atoms with Crippen LogP contribution in [0.1, 0.15) is 37.8 Å². The van der Waals surface area contributed by atoms with Crippen molar-refractivity contribution in [3.8, 4) is 23.0 Å². The van der Waals surface area contributed by atoms with E-state index in [1.54, 1.807) is 7.11 Å². The highest BCUT2D eigenvalue weighted by Crippen LogP contribution is 2.50. The summed E-state index contributed by atoms with van der Waals surface area (Å²) in [6, 6.07) is 0.818. The molecule has 43 heavy (non-hydrogen) atoms. The topological polar surface area (TPSA) is 98.9 Å². The lowest BCUT2D eigenvalue weighted by Crippen LogP contribution is -2.44. The molecule has 0 saturated carbocycles. The van der Waals surface area contributed by atoms with Gasteiger partial charge in [-0.2, -0.15) is 23.1 Å². The average molecular weight is 627 g/mol. The van der Waals surface area contributed by atoms with Crippen molar-refractivity contribution < 1.29 is 31.8 Å². The van der Waals surface area contributed by atoms with E-state index in [1.807, 2.05) is 25.8 Å². The number of methoxy groups -OCH3 is 1. The normalized spacial score (nSPS) is 19.3. The van der Waals surface area contributed by atoms with Crippen LogP contribution >= 0.6 is 11.6 Å². The molecule has 3 aromatic rings. The van der Waals surface area contributed by atoms with E-state index >= 15 is 4.39 Å². The standard InChI is InChI=1S/C29H35ClF4N6O3/c1-14(2)17-13-42-26-20-25(23(31)19(22(26)30)24-21(29(32,33)34)15(3)11-18(35)36-24)37-28(38-27(20)40(17)9-10-41-5)43-12-16-7-6-8-39(16)4/h11,14,16-17H,6-10,12-13H2,1-5H3,(H2,35,36)/t16-,17?/m0/s1. The minimum absolute atomic E-state index is 0.0332. The third-order valence-electron chi connectivity index (χ3n) is 8.15. The minimum Gasteiger partial charge on any atom is -0.489 e. The quantitative estimate of drug-likeness (QED) is 0.314. The van der Waals surface area contributed by atoms with E-state index < -0.39 is 28.8 Å². The molecular formula is C29H35ClF4N6O3. The molecule has 5 rings (SSSR count). The molecule has 1 aromatic carbocycles. The number of nitrogen functional groups attached to an aromatic ring is 1. The number of likely N-dealkylation sites (tertiary alicyclic amines) is 1. The van der Waals surface area contributed by atoms with Crippen LogP contribution in [0.2, 0.25) is 5.02 Å². The molecule has 9 nitrogen and oxygen atoms in total. The molecule has 0 spiro atoms. The number of aryl methyl sites for hydroxylation is 1. The van der Waals surface area contributed by atoms with Gasteiger partial charge < -0.3 is 29.7 Å². The number of benzene rings is 1. The molecule has 2 aromatic heterocycles. The lowest BCUT2D eigenvalue weighted by molar-refractivity contribution is -0.137. The Morgan fingerprint density at radius 2 is 1.98 bits per heavy atom. The highest BCUT2D eigenvalue weighted by atomic mass is 35.5. The molecule has 2 aliphatic rings. The molecule has 14 heteroatoms. The average Bonchev–Trinajstić information content (AvgIpc) is 3.25. The number of ether oxygens (including phenoxy) is 3. The van der Waals surface area contributed by atoms with Crippen molar-refractivity contribution in [3.05, 3.63) is 28.0 Å². The van der Waals surface area contributed by atoms with E-state index in [2.05, 4.69) is 14.9 Å². The molecule has 2 aliphatic heterocycles. The number of hydrogen-bond donors (Lipinski definition) is 1. The second kappa shape index (κ2) is 12.1. The maximum Gasteiger partial charge on any atom is 0.418 e. The van der Waals surface area contributed by atoms with Crippen molar-refractivity contribution in [1.82, 2.24) is 19.9 Å². The number of nitrogens with zero attached hydrogens (tertiary/aromatic N) is 5. The molecule has 1 saturated heterocycles. The Labute approximate surface area is 252 Å². The van der Waals surface area contributed by atoms with Crippen molar-refractivity contribution >= 4 is 34.1 Å². The first-order valence-corrected chi connectivity index (χ1v) is 14.5. The molecule has 0 bridgehead atoms. The van der Waals surface area contributed by atoms with Gasteiger partial charge in [-0.1, -0.05) is 25.4 Å². The Kier molecular flexibility index (Phi) is 8.79. The van der Waals surface area contributed by atoms with Crippen LogP contribution < -0.4 is 20.1 Å². The molecule has 1 unspecified atom stereocenters. The second-order valence-corrected chi connectivity index (χ2v) is 11.7. The van der Waals surface area contributed by atoms with Crippen LogP contribution in [0.5, 0.6) is 11.8 Å². The van der Waals surface area contributed by atoms with Crippen LogP contribution in [0.15, 0.2) is 6.07 Å². The monoisotopic (exact) mass is 626 g/mol. The van der Waals surface area contributed by atoms with Crippen molar-refractivity contribution in [3.63, 3.8) is 0 Å². The number of rotatable bonds is 8. The highest BCUT2D eigenvalue weighted by Gasteiger charge is 2.41. The van der Waals surface area contributed by atoms with Gasteiger partial charge in [0.05, 0.1) is 39.9 Å². The number of halogens is 5. The third kappa shape index (κ3) is 5.86. The van der Waals surface area contributed by atoms with Crippen LogP contribution in [0.25, 0.3) is 22.2 Å².